The number of hydrogen-bond donors (Lipinski definition) is 3. The molecule has 0 bridgehead atoms. The topological polar surface area (TPSA) is 69.8 Å². The normalized spacial score (nSPS) is 19.9. The minimum absolute atomic E-state index is 0.0891. The molecular formula is C11H18N4O. The molecule has 0 aliphatic carbocycles. The third kappa shape index (κ3) is 2.82. The predicted molar refractivity (Wildman–Crippen MR) is 63.8 cm³/mol. The highest BCUT2D eigenvalue weighted by Crippen LogP contribution is 2.06. The van der Waals surface area contributed by atoms with Gasteiger partial charge in [-0.2, -0.15) is 0 Å². The van der Waals surface area contributed by atoms with E-state index in [0.717, 1.165) is 25.3 Å². The number of nitrogens with one attached hydrogen (secondary N) is 3. The van der Waals surface area contributed by atoms with E-state index in [0.29, 0.717) is 11.9 Å². The summed E-state index contributed by atoms with van der Waals surface area (Å²) in [6, 6.07) is 2.01. The van der Waals surface area contributed by atoms with Crippen LogP contribution >= 0.6 is 0 Å². The van der Waals surface area contributed by atoms with Crippen LogP contribution in [0.3, 0.4) is 0 Å². The van der Waals surface area contributed by atoms with E-state index in [1.807, 2.05) is 6.92 Å². The second kappa shape index (κ2) is 5.12. The van der Waals surface area contributed by atoms with Crippen molar-refractivity contribution in [2.24, 2.45) is 0 Å². The van der Waals surface area contributed by atoms with Gasteiger partial charge in [0.05, 0.1) is 0 Å². The maximum absolute atomic E-state index is 11.3. The van der Waals surface area contributed by atoms with Crippen LogP contribution in [0.4, 0.5) is 5.82 Å². The molecule has 1 aliphatic heterocycles. The Morgan fingerprint density at radius 1 is 1.62 bits per heavy atom. The van der Waals surface area contributed by atoms with E-state index >= 15 is 0 Å². The van der Waals surface area contributed by atoms with Gasteiger partial charge in [0.1, 0.15) is 11.6 Å². The number of aromatic nitrogens is 2. The van der Waals surface area contributed by atoms with E-state index in [1.54, 1.807) is 0 Å². The lowest BCUT2D eigenvalue weighted by molar-refractivity contribution is 0.632. The molecule has 0 spiro atoms. The van der Waals surface area contributed by atoms with Gasteiger partial charge in [0.2, 0.25) is 0 Å². The smallest absolute Gasteiger partial charge is 0.252 e. The van der Waals surface area contributed by atoms with Crippen LogP contribution in [0, 0.1) is 0 Å². The number of anilines is 1. The molecule has 16 heavy (non-hydrogen) atoms. The van der Waals surface area contributed by atoms with Gasteiger partial charge < -0.3 is 15.6 Å². The molecule has 2 heterocycles. The van der Waals surface area contributed by atoms with Gasteiger partial charge in [0, 0.05) is 25.1 Å². The molecule has 0 amide bonds. The summed E-state index contributed by atoms with van der Waals surface area (Å²) < 4.78 is 0. The number of H-pyrrole nitrogens is 1. The molecule has 2 rings (SSSR count). The zero-order valence-corrected chi connectivity index (χ0v) is 9.55. The molecule has 1 fully saturated rings. The van der Waals surface area contributed by atoms with Gasteiger partial charge in [0.15, 0.2) is 0 Å². The molecular weight excluding hydrogens is 204 g/mol. The van der Waals surface area contributed by atoms with Gasteiger partial charge in [-0.15, -0.1) is 0 Å². The summed E-state index contributed by atoms with van der Waals surface area (Å²) in [6.45, 7) is 3.90. The molecule has 0 saturated carbocycles. The Morgan fingerprint density at radius 2 is 2.50 bits per heavy atom. The fourth-order valence-electron chi connectivity index (χ4n) is 1.92. The molecule has 0 radical (unpaired) electrons. The first-order chi connectivity index (χ1) is 7.78. The largest absolute Gasteiger partial charge is 0.368 e. The first kappa shape index (κ1) is 11.1. The number of aromatic amines is 1. The third-order valence-corrected chi connectivity index (χ3v) is 2.82. The third-order valence-electron chi connectivity index (χ3n) is 2.82. The summed E-state index contributed by atoms with van der Waals surface area (Å²) in [5, 5.41) is 6.60. The lowest BCUT2D eigenvalue weighted by atomic mass is 10.2. The first-order valence-electron chi connectivity index (χ1n) is 5.85. The summed E-state index contributed by atoms with van der Waals surface area (Å²) in [4.78, 5) is 18.3. The Hall–Kier alpha value is -1.36. The molecule has 0 aromatic carbocycles. The van der Waals surface area contributed by atoms with Crippen LogP contribution < -0.4 is 16.2 Å². The van der Waals surface area contributed by atoms with Gasteiger partial charge in [-0.05, 0) is 19.4 Å². The standard InChI is InChI=1S/C11H18N4O/c1-2-9-14-10(6-11(16)15-9)13-7-8-4-3-5-12-8/h6,8,12H,2-5,7H2,1H3,(H2,13,14,15,16). The molecule has 88 valence electrons. The van der Waals surface area contributed by atoms with E-state index in [-0.39, 0.29) is 5.56 Å². The summed E-state index contributed by atoms with van der Waals surface area (Å²) in [5.41, 5.74) is -0.0891. The van der Waals surface area contributed by atoms with Gasteiger partial charge in [-0.3, -0.25) is 4.79 Å². The van der Waals surface area contributed by atoms with Crippen LogP contribution in [-0.2, 0) is 6.42 Å². The van der Waals surface area contributed by atoms with Crippen LogP contribution in [0.5, 0.6) is 0 Å². The Balaban J connectivity index is 1.97. The van der Waals surface area contributed by atoms with Crippen molar-refractivity contribution in [3.63, 3.8) is 0 Å². The highest BCUT2D eigenvalue weighted by atomic mass is 16.1. The van der Waals surface area contributed by atoms with Crippen molar-refractivity contribution in [2.45, 2.75) is 32.2 Å². The van der Waals surface area contributed by atoms with E-state index in [1.165, 1.54) is 18.9 Å². The van der Waals surface area contributed by atoms with E-state index in [9.17, 15) is 4.79 Å². The quantitative estimate of drug-likeness (QED) is 0.693. The second-order valence-electron chi connectivity index (χ2n) is 4.11. The first-order valence-corrected chi connectivity index (χ1v) is 5.85. The minimum atomic E-state index is -0.0891. The van der Waals surface area contributed by atoms with Crippen LogP contribution in [-0.4, -0.2) is 29.1 Å². The van der Waals surface area contributed by atoms with Crippen molar-refractivity contribution in [1.82, 2.24) is 15.3 Å². The van der Waals surface area contributed by atoms with Crippen LogP contribution in [0.1, 0.15) is 25.6 Å². The minimum Gasteiger partial charge on any atom is -0.368 e. The van der Waals surface area contributed by atoms with Gasteiger partial charge in [-0.25, -0.2) is 4.98 Å². The number of nitrogens with zero attached hydrogens (tertiary/aromatic N) is 1. The van der Waals surface area contributed by atoms with E-state index in [2.05, 4.69) is 20.6 Å². The van der Waals surface area contributed by atoms with Crippen molar-refractivity contribution in [3.05, 3.63) is 22.2 Å². The van der Waals surface area contributed by atoms with Crippen LogP contribution in [0.25, 0.3) is 0 Å². The van der Waals surface area contributed by atoms with Gasteiger partial charge in [-0.1, -0.05) is 6.92 Å². The molecule has 1 aromatic heterocycles. The number of aryl methyl sites for hydroxylation is 1. The van der Waals surface area contributed by atoms with Crippen molar-refractivity contribution in [1.29, 1.82) is 0 Å². The average Bonchev–Trinajstić information content (AvgIpc) is 2.78. The molecule has 1 unspecified atom stereocenters. The lowest BCUT2D eigenvalue weighted by Gasteiger charge is -2.12. The molecule has 3 N–H and O–H groups in total. The van der Waals surface area contributed by atoms with Gasteiger partial charge >= 0.3 is 0 Å². The Kier molecular flexibility index (Phi) is 3.56. The van der Waals surface area contributed by atoms with E-state index < -0.39 is 0 Å². The predicted octanol–water partition coefficient (Wildman–Crippen LogP) is 0.496. The molecule has 1 aromatic rings. The molecule has 1 saturated heterocycles. The summed E-state index contributed by atoms with van der Waals surface area (Å²) in [5.74, 6) is 1.41. The molecule has 1 aliphatic rings. The highest BCUT2D eigenvalue weighted by Gasteiger charge is 2.13. The zero-order valence-electron chi connectivity index (χ0n) is 9.55. The summed E-state index contributed by atoms with van der Waals surface area (Å²) in [7, 11) is 0. The molecule has 5 nitrogen and oxygen atoms in total. The fourth-order valence-corrected chi connectivity index (χ4v) is 1.92. The molecule has 1 atom stereocenters. The zero-order chi connectivity index (χ0) is 11.4. The van der Waals surface area contributed by atoms with Crippen LogP contribution in [0.2, 0.25) is 0 Å². The van der Waals surface area contributed by atoms with Crippen molar-refractivity contribution in [3.8, 4) is 0 Å². The second-order valence-corrected chi connectivity index (χ2v) is 4.11. The maximum atomic E-state index is 11.3. The SMILES string of the molecule is CCc1nc(NCC2CCCN2)cc(=O)[nH]1. The summed E-state index contributed by atoms with van der Waals surface area (Å²) >= 11 is 0. The Labute approximate surface area is 94.7 Å². The molecule has 5 heteroatoms. The number of hydrogen-bond acceptors (Lipinski definition) is 4. The van der Waals surface area contributed by atoms with Crippen molar-refractivity contribution in [2.75, 3.05) is 18.4 Å². The van der Waals surface area contributed by atoms with Gasteiger partial charge in [0.25, 0.3) is 5.56 Å². The summed E-state index contributed by atoms with van der Waals surface area (Å²) in [6.07, 6.45) is 3.17. The van der Waals surface area contributed by atoms with Crippen molar-refractivity contribution >= 4 is 5.82 Å². The van der Waals surface area contributed by atoms with E-state index in [4.69, 9.17) is 0 Å². The number of rotatable bonds is 4. The van der Waals surface area contributed by atoms with Crippen LogP contribution in [0.15, 0.2) is 10.9 Å². The lowest BCUT2D eigenvalue weighted by Crippen LogP contribution is -2.30. The highest BCUT2D eigenvalue weighted by molar-refractivity contribution is 5.33. The Bertz CT molecular complexity index is 395. The fraction of sp³-hybridized carbons (Fsp3) is 0.636. The maximum Gasteiger partial charge on any atom is 0.252 e. The van der Waals surface area contributed by atoms with Crippen molar-refractivity contribution < 1.29 is 0 Å². The average molecular weight is 222 g/mol. The monoisotopic (exact) mass is 222 g/mol. The Morgan fingerprint density at radius 3 is 3.19 bits per heavy atom.